The molecule has 0 fully saturated rings. The van der Waals surface area contributed by atoms with Crippen LogP contribution in [0.2, 0.25) is 0 Å². The molecule has 92 valence electrons. The maximum atomic E-state index is 2.34. The van der Waals surface area contributed by atoms with Crippen LogP contribution in [-0.4, -0.2) is 0 Å². The van der Waals surface area contributed by atoms with E-state index in [1.54, 1.807) is 11.1 Å². The summed E-state index contributed by atoms with van der Waals surface area (Å²) >= 11 is 0. The van der Waals surface area contributed by atoms with Gasteiger partial charge < -0.3 is 0 Å². The van der Waals surface area contributed by atoms with E-state index in [9.17, 15) is 0 Å². The van der Waals surface area contributed by atoms with Crippen molar-refractivity contribution in [3.05, 3.63) is 58.7 Å². The van der Waals surface area contributed by atoms with Gasteiger partial charge >= 0.3 is 0 Å². The van der Waals surface area contributed by atoms with E-state index in [1.807, 2.05) is 0 Å². The van der Waals surface area contributed by atoms with Gasteiger partial charge in [-0.25, -0.2) is 0 Å². The topological polar surface area (TPSA) is 0 Å². The molecule has 0 heteroatoms. The largest absolute Gasteiger partial charge is 0.0654 e. The second-order valence-corrected chi connectivity index (χ2v) is 5.33. The highest BCUT2D eigenvalue weighted by molar-refractivity contribution is 5.80. The summed E-state index contributed by atoms with van der Waals surface area (Å²) in [5, 5.41) is 0. The lowest BCUT2D eigenvalue weighted by Gasteiger charge is -2.11. The van der Waals surface area contributed by atoms with Crippen LogP contribution >= 0.6 is 0 Å². The Morgan fingerprint density at radius 3 is 2.72 bits per heavy atom. The molecule has 0 nitrogen and oxygen atoms in total. The second kappa shape index (κ2) is 4.61. The summed E-state index contributed by atoms with van der Waals surface area (Å²) in [4.78, 5) is 0. The zero-order chi connectivity index (χ0) is 12.5. The third-order valence-corrected chi connectivity index (χ3v) is 4.07. The standard InChI is InChI=1S/C18H20/c1-3-4-7-14-11-10-13(2)18-16-9-6-5-8-15(16)12-17(14)18/h5-6,8-11H,3-4,7,12H2,1-2H3. The van der Waals surface area contributed by atoms with Crippen molar-refractivity contribution in [2.24, 2.45) is 0 Å². The molecule has 0 spiro atoms. The Kier molecular flexibility index (Phi) is 2.95. The molecule has 0 N–H and O–H groups in total. The first-order chi connectivity index (χ1) is 8.81. The number of aryl methyl sites for hydroxylation is 2. The predicted octanol–water partition coefficient (Wildman–Crippen LogP) is 4.91. The average molecular weight is 236 g/mol. The van der Waals surface area contributed by atoms with E-state index in [2.05, 4.69) is 50.2 Å². The van der Waals surface area contributed by atoms with Gasteiger partial charge in [0.1, 0.15) is 0 Å². The minimum atomic E-state index is 1.13. The third-order valence-electron chi connectivity index (χ3n) is 4.07. The maximum Gasteiger partial charge on any atom is -0.00106 e. The van der Waals surface area contributed by atoms with Gasteiger partial charge in [0, 0.05) is 0 Å². The van der Waals surface area contributed by atoms with Gasteiger partial charge in [-0.3, -0.25) is 0 Å². The predicted molar refractivity (Wildman–Crippen MR) is 78.0 cm³/mol. The summed E-state index contributed by atoms with van der Waals surface area (Å²) in [6.45, 7) is 4.51. The zero-order valence-electron chi connectivity index (χ0n) is 11.3. The lowest BCUT2D eigenvalue weighted by atomic mass is 9.94. The summed E-state index contributed by atoms with van der Waals surface area (Å²) in [6, 6.07) is 13.5. The van der Waals surface area contributed by atoms with E-state index in [1.165, 1.54) is 41.5 Å². The Balaban J connectivity index is 2.11. The summed E-state index contributed by atoms with van der Waals surface area (Å²) < 4.78 is 0. The Hall–Kier alpha value is -1.56. The molecule has 0 atom stereocenters. The summed E-state index contributed by atoms with van der Waals surface area (Å²) in [5.41, 5.74) is 9.05. The molecule has 2 aromatic rings. The molecule has 1 aliphatic rings. The first kappa shape index (κ1) is 11.5. The van der Waals surface area contributed by atoms with Crippen molar-refractivity contribution in [2.75, 3.05) is 0 Å². The Morgan fingerprint density at radius 1 is 1.06 bits per heavy atom. The van der Waals surface area contributed by atoms with E-state index >= 15 is 0 Å². The molecule has 0 heterocycles. The molecule has 0 aliphatic heterocycles. The number of unbranched alkanes of at least 4 members (excludes halogenated alkanes) is 1. The van der Waals surface area contributed by atoms with Crippen LogP contribution < -0.4 is 0 Å². The van der Waals surface area contributed by atoms with Gasteiger partial charge in [0.05, 0.1) is 0 Å². The zero-order valence-corrected chi connectivity index (χ0v) is 11.3. The van der Waals surface area contributed by atoms with Crippen LogP contribution in [0.15, 0.2) is 36.4 Å². The Bertz CT molecular complexity index is 579. The average Bonchev–Trinajstić information content (AvgIpc) is 2.78. The first-order valence-electron chi connectivity index (χ1n) is 7.01. The van der Waals surface area contributed by atoms with Crippen LogP contribution in [0.4, 0.5) is 0 Å². The van der Waals surface area contributed by atoms with Crippen molar-refractivity contribution >= 4 is 0 Å². The summed E-state index contributed by atoms with van der Waals surface area (Å²) in [5.74, 6) is 0. The fourth-order valence-electron chi connectivity index (χ4n) is 3.10. The van der Waals surface area contributed by atoms with E-state index < -0.39 is 0 Å². The molecule has 0 unspecified atom stereocenters. The van der Waals surface area contributed by atoms with Crippen LogP contribution in [0.5, 0.6) is 0 Å². The van der Waals surface area contributed by atoms with Crippen LogP contribution in [0.3, 0.4) is 0 Å². The lowest BCUT2D eigenvalue weighted by molar-refractivity contribution is 0.789. The number of hydrogen-bond donors (Lipinski definition) is 0. The van der Waals surface area contributed by atoms with Crippen molar-refractivity contribution in [2.45, 2.75) is 39.5 Å². The molecular weight excluding hydrogens is 216 g/mol. The highest BCUT2D eigenvalue weighted by atomic mass is 14.3. The van der Waals surface area contributed by atoms with Gasteiger partial charge in [0.15, 0.2) is 0 Å². The van der Waals surface area contributed by atoms with Crippen LogP contribution in [0.1, 0.15) is 42.0 Å². The fourth-order valence-corrected chi connectivity index (χ4v) is 3.10. The van der Waals surface area contributed by atoms with Crippen LogP contribution in [0, 0.1) is 6.92 Å². The fraction of sp³-hybridized carbons (Fsp3) is 0.333. The van der Waals surface area contributed by atoms with Crippen molar-refractivity contribution in [1.82, 2.24) is 0 Å². The van der Waals surface area contributed by atoms with Gasteiger partial charge in [0.25, 0.3) is 0 Å². The minimum absolute atomic E-state index is 1.13. The van der Waals surface area contributed by atoms with Gasteiger partial charge in [0.2, 0.25) is 0 Å². The highest BCUT2D eigenvalue weighted by Gasteiger charge is 2.21. The highest BCUT2D eigenvalue weighted by Crippen LogP contribution is 2.40. The van der Waals surface area contributed by atoms with E-state index in [-0.39, 0.29) is 0 Å². The molecular formula is C18H20. The van der Waals surface area contributed by atoms with Gasteiger partial charge in [-0.1, -0.05) is 49.7 Å². The van der Waals surface area contributed by atoms with Crippen molar-refractivity contribution < 1.29 is 0 Å². The molecule has 0 aromatic heterocycles. The summed E-state index contributed by atoms with van der Waals surface area (Å²) in [6.07, 6.45) is 4.93. The lowest BCUT2D eigenvalue weighted by Crippen LogP contribution is -1.94. The summed E-state index contributed by atoms with van der Waals surface area (Å²) in [7, 11) is 0. The van der Waals surface area contributed by atoms with Gasteiger partial charge in [-0.2, -0.15) is 0 Å². The van der Waals surface area contributed by atoms with Crippen molar-refractivity contribution in [1.29, 1.82) is 0 Å². The smallest absolute Gasteiger partial charge is 0.00106 e. The number of hydrogen-bond acceptors (Lipinski definition) is 0. The van der Waals surface area contributed by atoms with E-state index in [0.29, 0.717) is 0 Å². The minimum Gasteiger partial charge on any atom is -0.0654 e. The third kappa shape index (κ3) is 1.77. The van der Waals surface area contributed by atoms with Crippen LogP contribution in [0.25, 0.3) is 11.1 Å². The molecule has 0 saturated heterocycles. The Labute approximate surface area is 110 Å². The van der Waals surface area contributed by atoms with Crippen LogP contribution in [-0.2, 0) is 12.8 Å². The monoisotopic (exact) mass is 236 g/mol. The number of rotatable bonds is 3. The molecule has 0 amide bonds. The van der Waals surface area contributed by atoms with E-state index in [0.717, 1.165) is 6.42 Å². The molecule has 0 radical (unpaired) electrons. The molecule has 3 rings (SSSR count). The molecule has 0 saturated carbocycles. The van der Waals surface area contributed by atoms with Crippen molar-refractivity contribution in [3.63, 3.8) is 0 Å². The Morgan fingerprint density at radius 2 is 1.89 bits per heavy atom. The molecule has 18 heavy (non-hydrogen) atoms. The van der Waals surface area contributed by atoms with Gasteiger partial charge in [-0.05, 0) is 59.6 Å². The normalized spacial score (nSPS) is 12.3. The molecule has 2 aromatic carbocycles. The quantitative estimate of drug-likeness (QED) is 0.606. The second-order valence-electron chi connectivity index (χ2n) is 5.33. The van der Waals surface area contributed by atoms with Crippen molar-refractivity contribution in [3.8, 4) is 11.1 Å². The molecule has 1 aliphatic carbocycles. The SMILES string of the molecule is CCCCc1ccc(C)c2c1Cc1ccccc1-2. The van der Waals surface area contributed by atoms with E-state index in [4.69, 9.17) is 0 Å². The van der Waals surface area contributed by atoms with Gasteiger partial charge in [-0.15, -0.1) is 0 Å². The first-order valence-corrected chi connectivity index (χ1v) is 7.01. The maximum absolute atomic E-state index is 2.34. The number of fused-ring (bicyclic) bond motifs is 3. The molecule has 0 bridgehead atoms. The number of benzene rings is 2.